The van der Waals surface area contributed by atoms with Gasteiger partial charge in [-0.2, -0.15) is 4.98 Å². The number of hydrogen-bond donors (Lipinski definition) is 2. The quantitative estimate of drug-likeness (QED) is 0.583. The number of hydrogen-bond acceptors (Lipinski definition) is 4. The maximum atomic E-state index is 4.64. The Morgan fingerprint density at radius 1 is 1.20 bits per heavy atom. The highest BCUT2D eigenvalue weighted by molar-refractivity contribution is 5.96. The summed E-state index contributed by atoms with van der Waals surface area (Å²) < 4.78 is 0. The Morgan fingerprint density at radius 2 is 2.12 bits per heavy atom. The fourth-order valence-corrected chi connectivity index (χ4v) is 3.38. The van der Waals surface area contributed by atoms with Crippen molar-refractivity contribution in [1.29, 1.82) is 0 Å². The molecule has 0 saturated heterocycles. The third kappa shape index (κ3) is 2.61. The Kier molecular flexibility index (Phi) is 3.20. The van der Waals surface area contributed by atoms with Crippen molar-refractivity contribution in [3.63, 3.8) is 0 Å². The van der Waals surface area contributed by atoms with Crippen molar-refractivity contribution < 1.29 is 0 Å². The zero-order chi connectivity index (χ0) is 16.8. The Labute approximate surface area is 145 Å². The molecular weight excluding hydrogens is 310 g/mol. The zero-order valence-electron chi connectivity index (χ0n) is 14.0. The second kappa shape index (κ2) is 5.55. The number of rotatable bonds is 4. The predicted molar refractivity (Wildman–Crippen MR) is 100 cm³/mol. The first-order chi connectivity index (χ1) is 12.3. The molecule has 1 aliphatic carbocycles. The summed E-state index contributed by atoms with van der Waals surface area (Å²) in [5, 5.41) is 5.59. The van der Waals surface area contributed by atoms with Crippen LogP contribution in [0.5, 0.6) is 0 Å². The van der Waals surface area contributed by atoms with Gasteiger partial charge in [0.2, 0.25) is 5.95 Å². The first kappa shape index (κ1) is 14.4. The van der Waals surface area contributed by atoms with E-state index in [9.17, 15) is 0 Å². The van der Waals surface area contributed by atoms with E-state index < -0.39 is 0 Å². The topological polar surface area (TPSA) is 66.5 Å². The number of benzene rings is 1. The van der Waals surface area contributed by atoms with Crippen LogP contribution in [-0.2, 0) is 0 Å². The SMILES string of the molecule is C[C@@H](Nc1ncc2c(-c3ccc4ncccc4c3)c[nH]c2n1)C1CC1. The normalized spacial score (nSPS) is 15.6. The molecule has 0 bridgehead atoms. The van der Waals surface area contributed by atoms with Gasteiger partial charge >= 0.3 is 0 Å². The summed E-state index contributed by atoms with van der Waals surface area (Å²) in [6.45, 7) is 2.20. The largest absolute Gasteiger partial charge is 0.351 e. The van der Waals surface area contributed by atoms with Gasteiger partial charge in [0.05, 0.1) is 5.52 Å². The molecule has 5 rings (SSSR count). The van der Waals surface area contributed by atoms with Crippen molar-refractivity contribution in [3.8, 4) is 11.1 Å². The maximum absolute atomic E-state index is 4.64. The van der Waals surface area contributed by atoms with Crippen molar-refractivity contribution >= 4 is 27.9 Å². The molecule has 4 aromatic rings. The van der Waals surface area contributed by atoms with Crippen LogP contribution in [0.4, 0.5) is 5.95 Å². The minimum atomic E-state index is 0.430. The van der Waals surface area contributed by atoms with Gasteiger partial charge in [-0.25, -0.2) is 4.98 Å². The van der Waals surface area contributed by atoms with Crippen molar-refractivity contribution in [2.45, 2.75) is 25.8 Å². The molecule has 5 nitrogen and oxygen atoms in total. The second-order valence-corrected chi connectivity index (χ2v) is 6.84. The van der Waals surface area contributed by atoms with Crippen LogP contribution in [0.3, 0.4) is 0 Å². The molecule has 124 valence electrons. The molecule has 1 fully saturated rings. The van der Waals surface area contributed by atoms with Gasteiger partial charge in [-0.05, 0) is 49.4 Å². The van der Waals surface area contributed by atoms with Crippen LogP contribution in [0, 0.1) is 5.92 Å². The molecule has 1 aliphatic rings. The third-order valence-corrected chi connectivity index (χ3v) is 5.03. The number of nitrogens with one attached hydrogen (secondary N) is 2. The van der Waals surface area contributed by atoms with Crippen LogP contribution < -0.4 is 5.32 Å². The van der Waals surface area contributed by atoms with Gasteiger partial charge in [0, 0.05) is 41.0 Å². The van der Waals surface area contributed by atoms with Crippen molar-refractivity contribution in [2.24, 2.45) is 5.92 Å². The van der Waals surface area contributed by atoms with E-state index in [0.717, 1.165) is 39.0 Å². The molecule has 1 aromatic carbocycles. The molecule has 25 heavy (non-hydrogen) atoms. The number of nitrogens with zero attached hydrogens (tertiary/aromatic N) is 3. The smallest absolute Gasteiger partial charge is 0.224 e. The average Bonchev–Trinajstić information content (AvgIpc) is 3.41. The van der Waals surface area contributed by atoms with E-state index in [4.69, 9.17) is 0 Å². The summed E-state index contributed by atoms with van der Waals surface area (Å²) in [5.74, 6) is 1.47. The Balaban J connectivity index is 1.52. The minimum Gasteiger partial charge on any atom is -0.351 e. The molecule has 5 heteroatoms. The highest BCUT2D eigenvalue weighted by Crippen LogP contribution is 2.34. The summed E-state index contributed by atoms with van der Waals surface area (Å²) in [6.07, 6.45) is 8.34. The second-order valence-electron chi connectivity index (χ2n) is 6.84. The van der Waals surface area contributed by atoms with Crippen molar-refractivity contribution in [1.82, 2.24) is 19.9 Å². The van der Waals surface area contributed by atoms with E-state index in [0.29, 0.717) is 12.0 Å². The molecule has 0 unspecified atom stereocenters. The summed E-state index contributed by atoms with van der Waals surface area (Å²) >= 11 is 0. The molecule has 0 spiro atoms. The lowest BCUT2D eigenvalue weighted by Crippen LogP contribution is -2.18. The highest BCUT2D eigenvalue weighted by Gasteiger charge is 2.28. The Bertz CT molecular complexity index is 1060. The average molecular weight is 329 g/mol. The maximum Gasteiger partial charge on any atom is 0.224 e. The van der Waals surface area contributed by atoms with Crippen molar-refractivity contribution in [2.75, 3.05) is 5.32 Å². The number of anilines is 1. The van der Waals surface area contributed by atoms with E-state index in [2.05, 4.69) is 56.4 Å². The first-order valence-electron chi connectivity index (χ1n) is 8.74. The van der Waals surface area contributed by atoms with Gasteiger partial charge in [-0.3, -0.25) is 4.98 Å². The number of fused-ring (bicyclic) bond motifs is 2. The fourth-order valence-electron chi connectivity index (χ4n) is 3.38. The lowest BCUT2D eigenvalue weighted by atomic mass is 10.0. The van der Waals surface area contributed by atoms with E-state index in [-0.39, 0.29) is 0 Å². The van der Waals surface area contributed by atoms with Gasteiger partial charge in [-0.1, -0.05) is 12.1 Å². The molecule has 3 aromatic heterocycles. The third-order valence-electron chi connectivity index (χ3n) is 5.03. The summed E-state index contributed by atoms with van der Waals surface area (Å²) in [4.78, 5) is 16.8. The molecule has 1 atom stereocenters. The van der Waals surface area contributed by atoms with E-state index >= 15 is 0 Å². The van der Waals surface area contributed by atoms with Gasteiger partial charge in [0.15, 0.2) is 0 Å². The van der Waals surface area contributed by atoms with Gasteiger partial charge < -0.3 is 10.3 Å². The van der Waals surface area contributed by atoms with Crippen LogP contribution in [0.2, 0.25) is 0 Å². The summed E-state index contributed by atoms with van der Waals surface area (Å²) in [6, 6.07) is 10.8. The van der Waals surface area contributed by atoms with Crippen LogP contribution in [0.25, 0.3) is 33.1 Å². The van der Waals surface area contributed by atoms with Crippen LogP contribution in [0.15, 0.2) is 48.9 Å². The minimum absolute atomic E-state index is 0.430. The molecule has 0 radical (unpaired) electrons. The number of aromatic amines is 1. The van der Waals surface area contributed by atoms with E-state index in [1.165, 1.54) is 12.8 Å². The summed E-state index contributed by atoms with van der Waals surface area (Å²) in [7, 11) is 0. The first-order valence-corrected chi connectivity index (χ1v) is 8.74. The Hall–Kier alpha value is -2.95. The number of pyridine rings is 1. The number of H-pyrrole nitrogens is 1. The predicted octanol–water partition coefficient (Wildman–Crippen LogP) is 4.38. The molecule has 2 N–H and O–H groups in total. The fraction of sp³-hybridized carbons (Fsp3) is 0.250. The van der Waals surface area contributed by atoms with Crippen LogP contribution >= 0.6 is 0 Å². The van der Waals surface area contributed by atoms with Crippen molar-refractivity contribution in [3.05, 3.63) is 48.9 Å². The molecule has 1 saturated carbocycles. The van der Waals surface area contributed by atoms with E-state index in [1.54, 1.807) is 0 Å². The lowest BCUT2D eigenvalue weighted by Gasteiger charge is -2.12. The highest BCUT2D eigenvalue weighted by atomic mass is 15.1. The van der Waals surface area contributed by atoms with Crippen LogP contribution in [0.1, 0.15) is 19.8 Å². The van der Waals surface area contributed by atoms with Gasteiger partial charge in [-0.15, -0.1) is 0 Å². The lowest BCUT2D eigenvalue weighted by molar-refractivity contribution is 0.687. The molecule has 0 amide bonds. The standard InChI is InChI=1S/C20H19N5/c1-12(13-4-5-13)24-20-23-11-17-16(10-22-19(17)25-20)14-6-7-18-15(9-14)3-2-8-21-18/h2-3,6-13H,4-5H2,1H3,(H2,22,23,24,25)/t12-/m1/s1. The molecular formula is C20H19N5. The monoisotopic (exact) mass is 329 g/mol. The zero-order valence-corrected chi connectivity index (χ0v) is 14.0. The molecule has 0 aliphatic heterocycles. The van der Waals surface area contributed by atoms with E-state index in [1.807, 2.05) is 24.7 Å². The van der Waals surface area contributed by atoms with Crippen LogP contribution in [-0.4, -0.2) is 26.0 Å². The van der Waals surface area contributed by atoms with Gasteiger partial charge in [0.25, 0.3) is 0 Å². The summed E-state index contributed by atoms with van der Waals surface area (Å²) in [5.41, 5.74) is 4.12. The van der Waals surface area contributed by atoms with Gasteiger partial charge in [0.1, 0.15) is 5.65 Å². The number of aromatic nitrogens is 4. The molecule has 3 heterocycles. The Morgan fingerprint density at radius 3 is 3.00 bits per heavy atom.